The maximum Gasteiger partial charge on any atom is 0.0216 e. The van der Waals surface area contributed by atoms with Crippen LogP contribution >= 0.6 is 0 Å². The molecule has 0 radical (unpaired) electrons. The zero-order valence-electron chi connectivity index (χ0n) is 10.1. The fourth-order valence-corrected chi connectivity index (χ4v) is 2.47. The lowest BCUT2D eigenvalue weighted by Crippen LogP contribution is -2.44. The zero-order valence-corrected chi connectivity index (χ0v) is 10.1. The first-order valence-corrected chi connectivity index (χ1v) is 5.94. The standard InChI is InChI=1S/C14H21N/c1-4-14(2)11-13-8-6-5-7-12(13)9-10-15(14)3/h5-8H,4,9-11H2,1-3H3. The zero-order chi connectivity index (χ0) is 10.9. The molecular weight excluding hydrogens is 182 g/mol. The van der Waals surface area contributed by atoms with Crippen molar-refractivity contribution in [2.45, 2.75) is 38.6 Å². The van der Waals surface area contributed by atoms with E-state index >= 15 is 0 Å². The van der Waals surface area contributed by atoms with Crippen LogP contribution in [0.4, 0.5) is 0 Å². The molecule has 0 bridgehead atoms. The number of fused-ring (bicyclic) bond motifs is 1. The van der Waals surface area contributed by atoms with E-state index in [0.29, 0.717) is 5.54 Å². The molecule has 0 saturated heterocycles. The molecule has 1 heterocycles. The van der Waals surface area contributed by atoms with Gasteiger partial charge in [-0.2, -0.15) is 0 Å². The van der Waals surface area contributed by atoms with E-state index in [0.717, 1.165) is 0 Å². The summed E-state index contributed by atoms with van der Waals surface area (Å²) in [5.41, 5.74) is 3.43. The predicted octanol–water partition coefficient (Wildman–Crippen LogP) is 2.89. The lowest BCUT2D eigenvalue weighted by atomic mass is 9.88. The summed E-state index contributed by atoms with van der Waals surface area (Å²) in [4.78, 5) is 2.52. The average Bonchev–Trinajstić information content (AvgIpc) is 2.38. The van der Waals surface area contributed by atoms with Crippen LogP contribution in [0.3, 0.4) is 0 Å². The van der Waals surface area contributed by atoms with Gasteiger partial charge in [0.1, 0.15) is 0 Å². The quantitative estimate of drug-likeness (QED) is 0.678. The van der Waals surface area contributed by atoms with Crippen molar-refractivity contribution in [2.24, 2.45) is 0 Å². The molecule has 0 spiro atoms. The fourth-order valence-electron chi connectivity index (χ4n) is 2.47. The van der Waals surface area contributed by atoms with E-state index in [-0.39, 0.29) is 0 Å². The maximum atomic E-state index is 2.52. The van der Waals surface area contributed by atoms with Gasteiger partial charge in [0.05, 0.1) is 0 Å². The molecule has 1 aliphatic rings. The molecule has 1 atom stereocenters. The number of likely N-dealkylation sites (N-methyl/N-ethyl adjacent to an activating group) is 1. The first kappa shape index (κ1) is 10.7. The van der Waals surface area contributed by atoms with Crippen molar-refractivity contribution in [3.8, 4) is 0 Å². The molecule has 0 N–H and O–H groups in total. The molecule has 0 saturated carbocycles. The van der Waals surface area contributed by atoms with E-state index < -0.39 is 0 Å². The van der Waals surface area contributed by atoms with Gasteiger partial charge in [-0.1, -0.05) is 31.2 Å². The van der Waals surface area contributed by atoms with Gasteiger partial charge in [0.2, 0.25) is 0 Å². The van der Waals surface area contributed by atoms with Gasteiger partial charge in [-0.3, -0.25) is 0 Å². The van der Waals surface area contributed by atoms with Gasteiger partial charge >= 0.3 is 0 Å². The van der Waals surface area contributed by atoms with E-state index in [1.165, 1.54) is 25.8 Å². The Morgan fingerprint density at radius 2 is 1.93 bits per heavy atom. The molecule has 1 heteroatoms. The van der Waals surface area contributed by atoms with Crippen LogP contribution in [0.1, 0.15) is 31.4 Å². The Balaban J connectivity index is 2.35. The summed E-state index contributed by atoms with van der Waals surface area (Å²) in [6.45, 7) is 5.86. The van der Waals surface area contributed by atoms with E-state index in [4.69, 9.17) is 0 Å². The Morgan fingerprint density at radius 3 is 2.60 bits per heavy atom. The number of hydrogen-bond donors (Lipinski definition) is 0. The van der Waals surface area contributed by atoms with Crippen molar-refractivity contribution in [1.29, 1.82) is 0 Å². The highest BCUT2D eigenvalue weighted by Gasteiger charge is 2.30. The molecule has 1 aliphatic heterocycles. The Labute approximate surface area is 93.1 Å². The third kappa shape index (κ3) is 1.93. The summed E-state index contributed by atoms with van der Waals surface area (Å²) < 4.78 is 0. The lowest BCUT2D eigenvalue weighted by Gasteiger charge is -2.36. The molecule has 0 aromatic heterocycles. The molecule has 0 fully saturated rings. The molecular formula is C14H21N. The molecule has 1 aromatic carbocycles. The third-order valence-electron chi connectivity index (χ3n) is 4.09. The van der Waals surface area contributed by atoms with Gasteiger partial charge in [-0.25, -0.2) is 0 Å². The van der Waals surface area contributed by atoms with Crippen LogP contribution in [0, 0.1) is 0 Å². The summed E-state index contributed by atoms with van der Waals surface area (Å²) in [5.74, 6) is 0. The van der Waals surface area contributed by atoms with Gasteiger partial charge in [0.25, 0.3) is 0 Å². The number of rotatable bonds is 1. The van der Waals surface area contributed by atoms with Crippen molar-refractivity contribution in [3.63, 3.8) is 0 Å². The number of benzene rings is 1. The second-order valence-corrected chi connectivity index (χ2v) is 4.97. The summed E-state index contributed by atoms with van der Waals surface area (Å²) in [6, 6.07) is 8.90. The third-order valence-corrected chi connectivity index (χ3v) is 4.09. The molecule has 1 aromatic rings. The van der Waals surface area contributed by atoms with Gasteiger partial charge in [-0.15, -0.1) is 0 Å². The van der Waals surface area contributed by atoms with Crippen molar-refractivity contribution in [1.82, 2.24) is 4.90 Å². The summed E-state index contributed by atoms with van der Waals surface area (Å²) >= 11 is 0. The maximum absolute atomic E-state index is 2.52. The van der Waals surface area contributed by atoms with Crippen molar-refractivity contribution in [3.05, 3.63) is 35.4 Å². The molecule has 0 amide bonds. The largest absolute Gasteiger partial charge is 0.300 e. The van der Waals surface area contributed by atoms with Crippen molar-refractivity contribution < 1.29 is 0 Å². The van der Waals surface area contributed by atoms with Crippen LogP contribution < -0.4 is 0 Å². The van der Waals surface area contributed by atoms with Crippen LogP contribution in [0.5, 0.6) is 0 Å². The highest BCUT2D eigenvalue weighted by atomic mass is 15.2. The van der Waals surface area contributed by atoms with Crippen LogP contribution in [0.2, 0.25) is 0 Å². The first-order chi connectivity index (χ1) is 7.15. The first-order valence-electron chi connectivity index (χ1n) is 5.94. The minimum Gasteiger partial charge on any atom is -0.300 e. The minimum absolute atomic E-state index is 0.340. The molecule has 82 valence electrons. The van der Waals surface area contributed by atoms with Crippen LogP contribution in [0.15, 0.2) is 24.3 Å². The monoisotopic (exact) mass is 203 g/mol. The van der Waals surface area contributed by atoms with E-state index in [1.54, 1.807) is 11.1 Å². The van der Waals surface area contributed by atoms with Crippen LogP contribution in [0.25, 0.3) is 0 Å². The summed E-state index contributed by atoms with van der Waals surface area (Å²) in [7, 11) is 2.26. The Bertz CT molecular complexity index is 345. The molecule has 0 aliphatic carbocycles. The van der Waals surface area contributed by atoms with E-state index in [2.05, 4.69) is 50.1 Å². The average molecular weight is 203 g/mol. The Hall–Kier alpha value is -0.820. The van der Waals surface area contributed by atoms with Gasteiger partial charge in [0, 0.05) is 12.1 Å². The normalized spacial score (nSPS) is 27.1. The van der Waals surface area contributed by atoms with Gasteiger partial charge in [0.15, 0.2) is 0 Å². The smallest absolute Gasteiger partial charge is 0.0216 e. The van der Waals surface area contributed by atoms with Crippen molar-refractivity contribution in [2.75, 3.05) is 13.6 Å². The van der Waals surface area contributed by atoms with Crippen LogP contribution in [-0.2, 0) is 12.8 Å². The Kier molecular flexibility index (Phi) is 2.83. The molecule has 1 nitrogen and oxygen atoms in total. The second-order valence-electron chi connectivity index (χ2n) is 4.97. The highest BCUT2D eigenvalue weighted by molar-refractivity contribution is 5.30. The molecule has 15 heavy (non-hydrogen) atoms. The van der Waals surface area contributed by atoms with E-state index in [9.17, 15) is 0 Å². The number of nitrogens with zero attached hydrogens (tertiary/aromatic N) is 1. The van der Waals surface area contributed by atoms with E-state index in [1.807, 2.05) is 0 Å². The Morgan fingerprint density at radius 1 is 1.27 bits per heavy atom. The van der Waals surface area contributed by atoms with Crippen molar-refractivity contribution >= 4 is 0 Å². The van der Waals surface area contributed by atoms with Gasteiger partial charge < -0.3 is 4.90 Å². The summed E-state index contributed by atoms with van der Waals surface area (Å²) in [5, 5.41) is 0. The summed E-state index contributed by atoms with van der Waals surface area (Å²) in [6.07, 6.45) is 3.61. The highest BCUT2D eigenvalue weighted by Crippen LogP contribution is 2.28. The topological polar surface area (TPSA) is 3.24 Å². The fraction of sp³-hybridized carbons (Fsp3) is 0.571. The molecule has 1 unspecified atom stereocenters. The molecule has 2 rings (SSSR count). The lowest BCUT2D eigenvalue weighted by molar-refractivity contribution is 0.139. The second kappa shape index (κ2) is 3.97. The predicted molar refractivity (Wildman–Crippen MR) is 65.2 cm³/mol. The minimum atomic E-state index is 0.340. The number of hydrogen-bond acceptors (Lipinski definition) is 1. The van der Waals surface area contributed by atoms with Gasteiger partial charge in [-0.05, 0) is 44.4 Å². The SMILES string of the molecule is CCC1(C)Cc2ccccc2CCN1C. The van der Waals surface area contributed by atoms with Crippen LogP contribution in [-0.4, -0.2) is 24.0 Å².